The minimum Gasteiger partial charge on any atom is -0.310 e. The van der Waals surface area contributed by atoms with Gasteiger partial charge in [0.2, 0.25) is 5.91 Å². The molecule has 0 aromatic carbocycles. The number of carbonyl (C=O) groups excluding carboxylic acids is 1. The largest absolute Gasteiger partial charge is 0.310 e. The zero-order valence-corrected chi connectivity index (χ0v) is 11.5. The molecule has 4 heteroatoms. The Labute approximate surface area is 105 Å². The SMILES string of the molecule is CC.CC1CCc2cc(Br)cnc2NC1=O. The zero-order valence-electron chi connectivity index (χ0n) is 9.88. The first-order valence-electron chi connectivity index (χ1n) is 5.62. The summed E-state index contributed by atoms with van der Waals surface area (Å²) in [6, 6.07) is 2.01. The molecule has 0 radical (unpaired) electrons. The third-order valence-corrected chi connectivity index (χ3v) is 2.90. The van der Waals surface area contributed by atoms with Crippen molar-refractivity contribution < 1.29 is 4.79 Å². The molecule has 1 aromatic rings. The van der Waals surface area contributed by atoms with E-state index in [1.165, 1.54) is 0 Å². The first-order valence-corrected chi connectivity index (χ1v) is 6.41. The molecule has 0 fully saturated rings. The van der Waals surface area contributed by atoms with Gasteiger partial charge < -0.3 is 5.32 Å². The van der Waals surface area contributed by atoms with Crippen molar-refractivity contribution in [2.75, 3.05) is 5.32 Å². The highest BCUT2D eigenvalue weighted by atomic mass is 79.9. The van der Waals surface area contributed by atoms with E-state index >= 15 is 0 Å². The van der Waals surface area contributed by atoms with Gasteiger partial charge in [-0.3, -0.25) is 4.79 Å². The van der Waals surface area contributed by atoms with Crippen molar-refractivity contribution >= 4 is 27.7 Å². The zero-order chi connectivity index (χ0) is 12.1. The van der Waals surface area contributed by atoms with Crippen molar-refractivity contribution in [2.45, 2.75) is 33.6 Å². The fraction of sp³-hybridized carbons (Fsp3) is 0.500. The number of halogens is 1. The van der Waals surface area contributed by atoms with Crippen LogP contribution in [0.4, 0.5) is 5.82 Å². The van der Waals surface area contributed by atoms with E-state index < -0.39 is 0 Å². The number of nitrogens with one attached hydrogen (secondary N) is 1. The lowest BCUT2D eigenvalue weighted by atomic mass is 10.0. The Kier molecular flexibility index (Phi) is 4.93. The highest BCUT2D eigenvalue weighted by molar-refractivity contribution is 9.10. The first kappa shape index (κ1) is 13.2. The fourth-order valence-electron chi connectivity index (χ4n) is 1.53. The monoisotopic (exact) mass is 284 g/mol. The Morgan fingerprint density at radius 3 is 2.88 bits per heavy atom. The van der Waals surface area contributed by atoms with E-state index in [4.69, 9.17) is 0 Å². The van der Waals surface area contributed by atoms with E-state index in [2.05, 4.69) is 26.2 Å². The van der Waals surface area contributed by atoms with Gasteiger partial charge in [0.05, 0.1) is 0 Å². The van der Waals surface area contributed by atoms with Crippen molar-refractivity contribution in [2.24, 2.45) is 5.92 Å². The van der Waals surface area contributed by atoms with Gasteiger partial charge in [0.1, 0.15) is 5.82 Å². The number of carbonyl (C=O) groups is 1. The molecule has 1 aromatic heterocycles. The third kappa shape index (κ3) is 3.04. The molecule has 88 valence electrons. The molecule has 1 aliphatic heterocycles. The summed E-state index contributed by atoms with van der Waals surface area (Å²) in [6.45, 7) is 5.94. The number of amides is 1. The number of rotatable bonds is 0. The standard InChI is InChI=1S/C10H11BrN2O.C2H6/c1-6-2-3-7-4-8(11)5-12-9(7)13-10(6)14;1-2/h4-6H,2-3H2,1H3,(H,12,13,14);1-2H3. The smallest absolute Gasteiger partial charge is 0.228 e. The average Bonchev–Trinajstić information content (AvgIpc) is 2.43. The second-order valence-corrected chi connectivity index (χ2v) is 4.51. The van der Waals surface area contributed by atoms with Crippen LogP contribution in [-0.2, 0) is 11.2 Å². The summed E-state index contributed by atoms with van der Waals surface area (Å²) >= 11 is 3.37. The molecular formula is C12H17BrN2O. The van der Waals surface area contributed by atoms with Crippen LogP contribution in [0.1, 0.15) is 32.8 Å². The van der Waals surface area contributed by atoms with Crippen LogP contribution in [0.15, 0.2) is 16.7 Å². The summed E-state index contributed by atoms with van der Waals surface area (Å²) in [4.78, 5) is 15.7. The highest BCUT2D eigenvalue weighted by Gasteiger charge is 2.20. The van der Waals surface area contributed by atoms with Gasteiger partial charge in [-0.2, -0.15) is 0 Å². The van der Waals surface area contributed by atoms with Gasteiger partial charge in [-0.05, 0) is 40.4 Å². The number of hydrogen-bond acceptors (Lipinski definition) is 2. The number of nitrogens with zero attached hydrogens (tertiary/aromatic N) is 1. The van der Waals surface area contributed by atoms with Crippen molar-refractivity contribution in [1.82, 2.24) is 4.98 Å². The maximum Gasteiger partial charge on any atom is 0.228 e. The molecule has 1 amide bonds. The van der Waals surface area contributed by atoms with Crippen LogP contribution in [0.3, 0.4) is 0 Å². The average molecular weight is 285 g/mol. The van der Waals surface area contributed by atoms with Crippen LogP contribution >= 0.6 is 15.9 Å². The van der Waals surface area contributed by atoms with E-state index in [0.717, 1.165) is 22.9 Å². The molecule has 1 aliphatic rings. The molecule has 0 aliphatic carbocycles. The Morgan fingerprint density at radius 2 is 2.19 bits per heavy atom. The number of aryl methyl sites for hydroxylation is 1. The number of anilines is 1. The van der Waals surface area contributed by atoms with Crippen LogP contribution in [0.5, 0.6) is 0 Å². The Bertz CT molecular complexity index is 379. The molecule has 1 atom stereocenters. The van der Waals surface area contributed by atoms with Gasteiger partial charge in [-0.1, -0.05) is 20.8 Å². The normalized spacial score (nSPS) is 18.8. The van der Waals surface area contributed by atoms with Crippen LogP contribution in [-0.4, -0.2) is 10.9 Å². The topological polar surface area (TPSA) is 42.0 Å². The van der Waals surface area contributed by atoms with Gasteiger partial charge in [-0.15, -0.1) is 0 Å². The molecule has 0 bridgehead atoms. The summed E-state index contributed by atoms with van der Waals surface area (Å²) in [6.07, 6.45) is 3.49. The highest BCUT2D eigenvalue weighted by Crippen LogP contribution is 2.24. The maximum atomic E-state index is 11.5. The van der Waals surface area contributed by atoms with Crippen molar-refractivity contribution in [3.63, 3.8) is 0 Å². The number of aromatic nitrogens is 1. The minimum atomic E-state index is 0.0681. The first-order chi connectivity index (χ1) is 7.66. The molecule has 1 unspecified atom stereocenters. The van der Waals surface area contributed by atoms with Gasteiger partial charge in [0, 0.05) is 16.6 Å². The number of hydrogen-bond donors (Lipinski definition) is 1. The molecular weight excluding hydrogens is 268 g/mol. The second kappa shape index (κ2) is 5.99. The Hall–Kier alpha value is -0.900. The molecule has 16 heavy (non-hydrogen) atoms. The van der Waals surface area contributed by atoms with Crippen LogP contribution in [0.2, 0.25) is 0 Å². The van der Waals surface area contributed by atoms with Crippen molar-refractivity contribution in [3.8, 4) is 0 Å². The summed E-state index contributed by atoms with van der Waals surface area (Å²) in [5, 5.41) is 2.83. The van der Waals surface area contributed by atoms with E-state index in [1.807, 2.05) is 26.8 Å². The number of pyridine rings is 1. The summed E-state index contributed by atoms with van der Waals surface area (Å²) in [7, 11) is 0. The lowest BCUT2D eigenvalue weighted by Crippen LogP contribution is -2.18. The van der Waals surface area contributed by atoms with E-state index in [-0.39, 0.29) is 11.8 Å². The van der Waals surface area contributed by atoms with Crippen LogP contribution in [0.25, 0.3) is 0 Å². The van der Waals surface area contributed by atoms with Gasteiger partial charge in [0.15, 0.2) is 0 Å². The number of fused-ring (bicyclic) bond motifs is 1. The predicted molar refractivity (Wildman–Crippen MR) is 69.4 cm³/mol. The molecule has 0 saturated heterocycles. The Morgan fingerprint density at radius 1 is 1.50 bits per heavy atom. The van der Waals surface area contributed by atoms with Crippen LogP contribution in [0, 0.1) is 5.92 Å². The lowest BCUT2D eigenvalue weighted by molar-refractivity contribution is -0.119. The third-order valence-electron chi connectivity index (χ3n) is 2.47. The van der Waals surface area contributed by atoms with Gasteiger partial charge in [-0.25, -0.2) is 4.98 Å². The molecule has 0 spiro atoms. The predicted octanol–water partition coefficient (Wildman–Crippen LogP) is 3.39. The second-order valence-electron chi connectivity index (χ2n) is 3.59. The molecule has 0 saturated carbocycles. The summed E-state index contributed by atoms with van der Waals surface area (Å²) in [5.74, 6) is 0.851. The minimum absolute atomic E-state index is 0.0681. The summed E-state index contributed by atoms with van der Waals surface area (Å²) < 4.78 is 0.958. The maximum absolute atomic E-state index is 11.5. The van der Waals surface area contributed by atoms with Gasteiger partial charge >= 0.3 is 0 Å². The molecule has 2 heterocycles. The van der Waals surface area contributed by atoms with E-state index in [1.54, 1.807) is 6.20 Å². The lowest BCUT2D eigenvalue weighted by Gasteiger charge is -2.05. The quantitative estimate of drug-likeness (QED) is 0.794. The van der Waals surface area contributed by atoms with Crippen molar-refractivity contribution in [1.29, 1.82) is 0 Å². The molecule has 2 rings (SSSR count). The molecule has 1 N–H and O–H groups in total. The fourth-order valence-corrected chi connectivity index (χ4v) is 1.91. The van der Waals surface area contributed by atoms with Crippen molar-refractivity contribution in [3.05, 3.63) is 22.3 Å². The summed E-state index contributed by atoms with van der Waals surface area (Å²) in [5.41, 5.74) is 1.11. The van der Waals surface area contributed by atoms with E-state index in [9.17, 15) is 4.79 Å². The van der Waals surface area contributed by atoms with E-state index in [0.29, 0.717) is 5.82 Å². The molecule has 3 nitrogen and oxygen atoms in total. The van der Waals surface area contributed by atoms with Crippen LogP contribution < -0.4 is 5.32 Å². The van der Waals surface area contributed by atoms with Gasteiger partial charge in [0.25, 0.3) is 0 Å². The Balaban J connectivity index is 0.000000606.